The number of carbonyl (C=O) groups excluding carboxylic acids is 1. The lowest BCUT2D eigenvalue weighted by Gasteiger charge is -2.30. The first-order valence-corrected chi connectivity index (χ1v) is 12.1. The first-order chi connectivity index (χ1) is 16.1. The first-order valence-electron chi connectivity index (χ1n) is 11.3. The van der Waals surface area contributed by atoms with Crippen molar-refractivity contribution in [3.05, 3.63) is 64.8 Å². The molecule has 3 heterocycles. The van der Waals surface area contributed by atoms with Crippen LogP contribution in [0.4, 0.5) is 0 Å². The standard InChI is InChI=1S/C25H27N5O2S/c1-30-15-22(28-29-30)17-9-7-16(8-10-17)13-18-14-21(26-20-11-12-33-24(18)20)25(31)27-19-5-3-4-6-23(19)32-2/h7-12,14-15,19,23H,3-6,13H2,1-2H3,(H,27,31)/t19-,23-/m1/s1. The van der Waals surface area contributed by atoms with Gasteiger partial charge in [0.25, 0.3) is 5.91 Å². The van der Waals surface area contributed by atoms with Crippen LogP contribution in [0.15, 0.2) is 48.0 Å². The van der Waals surface area contributed by atoms with Gasteiger partial charge < -0.3 is 10.1 Å². The molecule has 1 fully saturated rings. The fourth-order valence-corrected chi connectivity index (χ4v) is 5.40. The van der Waals surface area contributed by atoms with Gasteiger partial charge in [-0.25, -0.2) is 4.98 Å². The topological polar surface area (TPSA) is 81.9 Å². The second-order valence-electron chi connectivity index (χ2n) is 8.59. The lowest BCUT2D eigenvalue weighted by molar-refractivity contribution is 0.0391. The van der Waals surface area contributed by atoms with Gasteiger partial charge in [0.15, 0.2) is 0 Å². The van der Waals surface area contributed by atoms with Gasteiger partial charge >= 0.3 is 0 Å². The van der Waals surface area contributed by atoms with Gasteiger partial charge in [0.05, 0.1) is 28.6 Å². The van der Waals surface area contributed by atoms with Crippen LogP contribution in [0.2, 0.25) is 0 Å². The second kappa shape index (κ2) is 9.41. The molecule has 0 radical (unpaired) electrons. The second-order valence-corrected chi connectivity index (χ2v) is 9.51. The first kappa shape index (κ1) is 21.7. The number of aromatic nitrogens is 4. The molecule has 8 heteroatoms. The molecule has 1 N–H and O–H groups in total. The number of nitrogens with zero attached hydrogens (tertiary/aromatic N) is 4. The van der Waals surface area contributed by atoms with Crippen LogP contribution < -0.4 is 5.32 Å². The van der Waals surface area contributed by atoms with Crippen LogP contribution in [0.1, 0.15) is 47.3 Å². The van der Waals surface area contributed by atoms with Crippen molar-refractivity contribution in [1.82, 2.24) is 25.3 Å². The van der Waals surface area contributed by atoms with Crippen LogP contribution in [0.3, 0.4) is 0 Å². The largest absolute Gasteiger partial charge is 0.379 e. The van der Waals surface area contributed by atoms with Crippen molar-refractivity contribution >= 4 is 27.5 Å². The van der Waals surface area contributed by atoms with Gasteiger partial charge in [-0.1, -0.05) is 42.3 Å². The molecular formula is C25H27N5O2S. The molecule has 1 aromatic carbocycles. The van der Waals surface area contributed by atoms with Crippen molar-refractivity contribution in [1.29, 1.82) is 0 Å². The summed E-state index contributed by atoms with van der Waals surface area (Å²) in [5.41, 5.74) is 5.49. The molecule has 3 aromatic heterocycles. The highest BCUT2D eigenvalue weighted by Gasteiger charge is 2.27. The van der Waals surface area contributed by atoms with E-state index in [1.54, 1.807) is 23.1 Å². The highest BCUT2D eigenvalue weighted by Crippen LogP contribution is 2.28. The summed E-state index contributed by atoms with van der Waals surface area (Å²) < 4.78 is 8.42. The Morgan fingerprint density at radius 1 is 1.21 bits per heavy atom. The number of ether oxygens (including phenoxy) is 1. The number of carbonyl (C=O) groups is 1. The van der Waals surface area contributed by atoms with Crippen LogP contribution in [0.25, 0.3) is 21.5 Å². The van der Waals surface area contributed by atoms with E-state index in [9.17, 15) is 4.79 Å². The minimum absolute atomic E-state index is 0.0355. The van der Waals surface area contributed by atoms with Crippen LogP contribution in [0, 0.1) is 0 Å². The van der Waals surface area contributed by atoms with Crippen molar-refractivity contribution in [3.8, 4) is 11.3 Å². The van der Waals surface area contributed by atoms with E-state index < -0.39 is 0 Å². The number of fused-ring (bicyclic) bond motifs is 1. The van der Waals surface area contributed by atoms with Gasteiger partial charge in [-0.2, -0.15) is 0 Å². The molecule has 1 aliphatic rings. The summed E-state index contributed by atoms with van der Waals surface area (Å²) in [6, 6.07) is 12.3. The molecule has 0 aliphatic heterocycles. The minimum Gasteiger partial charge on any atom is -0.379 e. The Morgan fingerprint density at radius 3 is 2.79 bits per heavy atom. The molecule has 5 rings (SSSR count). The lowest BCUT2D eigenvalue weighted by atomic mass is 9.92. The number of benzene rings is 1. The Hall–Kier alpha value is -3.10. The maximum atomic E-state index is 13.1. The van der Waals surface area contributed by atoms with E-state index in [0.717, 1.165) is 59.1 Å². The molecule has 0 bridgehead atoms. The van der Waals surface area contributed by atoms with Crippen molar-refractivity contribution < 1.29 is 9.53 Å². The summed E-state index contributed by atoms with van der Waals surface area (Å²) >= 11 is 1.66. The molecular weight excluding hydrogens is 434 g/mol. The Labute approximate surface area is 196 Å². The highest BCUT2D eigenvalue weighted by molar-refractivity contribution is 7.17. The predicted octanol–water partition coefficient (Wildman–Crippen LogP) is 4.37. The Kier molecular flexibility index (Phi) is 6.20. The fraction of sp³-hybridized carbons (Fsp3) is 0.360. The number of rotatable bonds is 6. The smallest absolute Gasteiger partial charge is 0.270 e. The van der Waals surface area contributed by atoms with Crippen molar-refractivity contribution in [2.75, 3.05) is 7.11 Å². The third kappa shape index (κ3) is 4.67. The Bertz CT molecular complexity index is 1260. The van der Waals surface area contributed by atoms with Gasteiger partial charge in [0.2, 0.25) is 0 Å². The number of aryl methyl sites for hydroxylation is 1. The van der Waals surface area contributed by atoms with Crippen LogP contribution in [-0.4, -0.2) is 45.1 Å². The lowest BCUT2D eigenvalue weighted by Crippen LogP contribution is -2.46. The average molecular weight is 462 g/mol. The molecule has 0 saturated heterocycles. The Balaban J connectivity index is 1.38. The maximum Gasteiger partial charge on any atom is 0.270 e. The molecule has 4 aromatic rings. The fourth-order valence-electron chi connectivity index (χ4n) is 4.55. The quantitative estimate of drug-likeness (QED) is 0.461. The zero-order chi connectivity index (χ0) is 22.8. The van der Waals surface area contributed by atoms with E-state index >= 15 is 0 Å². The number of thiophene rings is 1. The number of amides is 1. The zero-order valence-electron chi connectivity index (χ0n) is 18.8. The molecule has 1 aliphatic carbocycles. The third-order valence-corrected chi connectivity index (χ3v) is 7.27. The summed E-state index contributed by atoms with van der Waals surface area (Å²) in [6.45, 7) is 0. The van der Waals surface area contributed by atoms with Gasteiger partial charge in [0.1, 0.15) is 11.4 Å². The molecule has 0 spiro atoms. The van der Waals surface area contributed by atoms with E-state index in [1.807, 2.05) is 30.8 Å². The molecule has 1 amide bonds. The zero-order valence-corrected chi connectivity index (χ0v) is 19.6. The van der Waals surface area contributed by atoms with Crippen molar-refractivity contribution in [2.45, 2.75) is 44.2 Å². The number of hydrogen-bond acceptors (Lipinski definition) is 6. The van der Waals surface area contributed by atoms with Crippen molar-refractivity contribution in [2.24, 2.45) is 7.05 Å². The summed E-state index contributed by atoms with van der Waals surface area (Å²) in [6.07, 6.45) is 6.87. The van der Waals surface area contributed by atoms with E-state index in [0.29, 0.717) is 5.69 Å². The van der Waals surface area contributed by atoms with Gasteiger partial charge in [-0.3, -0.25) is 9.48 Å². The van der Waals surface area contributed by atoms with Gasteiger partial charge in [0, 0.05) is 19.7 Å². The van der Waals surface area contributed by atoms with E-state index in [1.165, 1.54) is 5.56 Å². The van der Waals surface area contributed by atoms with E-state index in [-0.39, 0.29) is 18.1 Å². The van der Waals surface area contributed by atoms with E-state index in [2.05, 4.69) is 44.9 Å². The highest BCUT2D eigenvalue weighted by atomic mass is 32.1. The predicted molar refractivity (Wildman–Crippen MR) is 129 cm³/mol. The van der Waals surface area contributed by atoms with E-state index in [4.69, 9.17) is 4.74 Å². The maximum absolute atomic E-state index is 13.1. The molecule has 1 saturated carbocycles. The monoisotopic (exact) mass is 461 g/mol. The average Bonchev–Trinajstić information content (AvgIpc) is 3.49. The normalized spacial score (nSPS) is 18.5. The van der Waals surface area contributed by atoms with Crippen LogP contribution in [-0.2, 0) is 18.2 Å². The molecule has 7 nitrogen and oxygen atoms in total. The molecule has 0 unspecified atom stereocenters. The van der Waals surface area contributed by atoms with Crippen molar-refractivity contribution in [3.63, 3.8) is 0 Å². The third-order valence-electron chi connectivity index (χ3n) is 6.29. The molecule has 170 valence electrons. The van der Waals surface area contributed by atoms with Crippen LogP contribution >= 0.6 is 11.3 Å². The van der Waals surface area contributed by atoms with Crippen LogP contribution in [0.5, 0.6) is 0 Å². The number of nitrogens with one attached hydrogen (secondary N) is 1. The Morgan fingerprint density at radius 2 is 2.03 bits per heavy atom. The van der Waals surface area contributed by atoms with Gasteiger partial charge in [-0.15, -0.1) is 16.4 Å². The summed E-state index contributed by atoms with van der Waals surface area (Å²) in [7, 11) is 3.58. The number of methoxy groups -OCH3 is 1. The minimum atomic E-state index is -0.128. The summed E-state index contributed by atoms with van der Waals surface area (Å²) in [5.74, 6) is -0.128. The van der Waals surface area contributed by atoms with Gasteiger partial charge in [-0.05, 0) is 47.9 Å². The number of pyridine rings is 1. The number of hydrogen-bond donors (Lipinski definition) is 1. The summed E-state index contributed by atoms with van der Waals surface area (Å²) in [5, 5.41) is 13.4. The molecule has 2 atom stereocenters. The SMILES string of the molecule is CO[C@@H]1CCCC[C@H]1NC(=O)c1cc(Cc2ccc(-c3cn(C)nn3)cc2)c2sccc2n1. The summed E-state index contributed by atoms with van der Waals surface area (Å²) in [4.78, 5) is 17.8. The molecule has 33 heavy (non-hydrogen) atoms.